The lowest BCUT2D eigenvalue weighted by Gasteiger charge is -2.13. The van der Waals surface area contributed by atoms with Gasteiger partial charge in [0.05, 0.1) is 11.4 Å². The second-order valence-corrected chi connectivity index (χ2v) is 8.30. The van der Waals surface area contributed by atoms with E-state index in [1.165, 1.54) is 18.3 Å². The number of carbonyl (C=O) groups is 1. The summed E-state index contributed by atoms with van der Waals surface area (Å²) in [5.41, 5.74) is 1.28. The molecule has 3 heterocycles. The first-order valence-electron chi connectivity index (χ1n) is 10.1. The van der Waals surface area contributed by atoms with E-state index < -0.39 is 11.8 Å². The number of rotatable bonds is 5. The van der Waals surface area contributed by atoms with Crippen molar-refractivity contribution < 1.29 is 13.9 Å². The molecule has 0 radical (unpaired) electrons. The Morgan fingerprint density at radius 3 is 2.61 bits per heavy atom. The Hall–Kier alpha value is -4.28. The van der Waals surface area contributed by atoms with Crippen LogP contribution in [0.2, 0.25) is 0 Å². The smallest absolute Gasteiger partial charge is 0.324 e. The summed E-state index contributed by atoms with van der Waals surface area (Å²) in [5, 5.41) is 16.2. The van der Waals surface area contributed by atoms with E-state index >= 15 is 0 Å². The number of hydrogen-bond acceptors (Lipinski definition) is 6. The number of nitrogens with zero attached hydrogens (tertiary/aromatic N) is 5. The molecule has 0 spiro atoms. The molecule has 0 bridgehead atoms. The molecule has 4 rings (SSSR count). The van der Waals surface area contributed by atoms with Crippen LogP contribution in [0.5, 0.6) is 11.6 Å². The van der Waals surface area contributed by atoms with E-state index in [1.54, 1.807) is 36.1 Å². The third kappa shape index (κ3) is 5.14. The number of hydrogen-bond donors (Lipinski definition) is 3. The molecule has 33 heavy (non-hydrogen) atoms. The second-order valence-electron chi connectivity index (χ2n) is 8.30. The van der Waals surface area contributed by atoms with Crippen molar-refractivity contribution in [1.82, 2.24) is 29.9 Å². The lowest BCUT2D eigenvalue weighted by Crippen LogP contribution is -2.21. The molecule has 0 aliphatic carbocycles. The highest BCUT2D eigenvalue weighted by Crippen LogP contribution is 2.26. The Bertz CT molecular complexity index is 1280. The van der Waals surface area contributed by atoms with Crippen LogP contribution in [0, 0.1) is 5.82 Å². The average Bonchev–Trinajstić information content (AvgIpc) is 3.41. The number of H-pyrrole nitrogens is 1. The van der Waals surface area contributed by atoms with Crippen LogP contribution in [0.1, 0.15) is 26.5 Å². The summed E-state index contributed by atoms with van der Waals surface area (Å²) in [7, 11) is 1.72. The number of aryl methyl sites for hydroxylation is 1. The number of benzene rings is 1. The minimum atomic E-state index is -0.661. The number of anilines is 2. The quantitative estimate of drug-likeness (QED) is 0.412. The van der Waals surface area contributed by atoms with Gasteiger partial charge in [-0.05, 0) is 18.2 Å². The number of amides is 2. The van der Waals surface area contributed by atoms with Gasteiger partial charge in [0.1, 0.15) is 23.1 Å². The highest BCUT2D eigenvalue weighted by molar-refractivity contribution is 5.99. The fraction of sp³-hybridized carbons (Fsp3) is 0.227. The van der Waals surface area contributed by atoms with E-state index in [1.807, 2.05) is 20.8 Å². The number of urea groups is 1. The molecule has 170 valence electrons. The van der Waals surface area contributed by atoms with Crippen LogP contribution < -0.4 is 15.4 Å². The molecule has 0 saturated heterocycles. The highest BCUT2D eigenvalue weighted by Gasteiger charge is 2.20. The van der Waals surface area contributed by atoms with Gasteiger partial charge in [-0.3, -0.25) is 15.1 Å². The van der Waals surface area contributed by atoms with Crippen LogP contribution >= 0.6 is 0 Å². The third-order valence-electron chi connectivity index (χ3n) is 4.67. The Balaban J connectivity index is 1.42. The molecule has 0 unspecified atom stereocenters. The summed E-state index contributed by atoms with van der Waals surface area (Å²) in [6, 6.07) is 8.56. The number of aromatic nitrogens is 6. The number of halogens is 1. The summed E-state index contributed by atoms with van der Waals surface area (Å²) in [4.78, 5) is 20.8. The molecule has 0 atom stereocenters. The van der Waals surface area contributed by atoms with Gasteiger partial charge in [0.25, 0.3) is 0 Å². The van der Waals surface area contributed by atoms with E-state index in [9.17, 15) is 9.18 Å². The van der Waals surface area contributed by atoms with E-state index in [4.69, 9.17) is 4.74 Å². The highest BCUT2D eigenvalue weighted by atomic mass is 19.1. The SMILES string of the molecule is Cn1nc(C(C)(C)C)cc1NC(=O)Nc1ccc(Oc2ccnc(-c3ccn[nH]3)n2)cc1F. The predicted octanol–water partition coefficient (Wildman–Crippen LogP) is 4.47. The largest absolute Gasteiger partial charge is 0.439 e. The summed E-state index contributed by atoms with van der Waals surface area (Å²) >= 11 is 0. The first-order valence-corrected chi connectivity index (χ1v) is 10.1. The molecule has 0 aliphatic rings. The maximum atomic E-state index is 14.6. The molecule has 3 aromatic heterocycles. The van der Waals surface area contributed by atoms with Gasteiger partial charge in [-0.1, -0.05) is 20.8 Å². The first kappa shape index (κ1) is 21.9. The molecule has 0 saturated carbocycles. The molecule has 0 aliphatic heterocycles. The normalized spacial score (nSPS) is 11.3. The van der Waals surface area contributed by atoms with Crippen molar-refractivity contribution in [3.05, 3.63) is 60.3 Å². The summed E-state index contributed by atoms with van der Waals surface area (Å²) in [5.74, 6) is 0.679. The van der Waals surface area contributed by atoms with E-state index in [0.29, 0.717) is 17.3 Å². The van der Waals surface area contributed by atoms with Crippen molar-refractivity contribution in [2.75, 3.05) is 10.6 Å². The van der Waals surface area contributed by atoms with Crippen LogP contribution in [0.3, 0.4) is 0 Å². The van der Waals surface area contributed by atoms with Crippen LogP contribution in [0.15, 0.2) is 48.8 Å². The van der Waals surface area contributed by atoms with Crippen LogP contribution in [0.25, 0.3) is 11.5 Å². The van der Waals surface area contributed by atoms with Crippen molar-refractivity contribution >= 4 is 17.5 Å². The van der Waals surface area contributed by atoms with Gasteiger partial charge in [0.15, 0.2) is 5.82 Å². The lowest BCUT2D eigenvalue weighted by atomic mass is 9.92. The molecule has 1 aromatic carbocycles. The van der Waals surface area contributed by atoms with Crippen LogP contribution in [-0.2, 0) is 12.5 Å². The predicted molar refractivity (Wildman–Crippen MR) is 121 cm³/mol. The van der Waals surface area contributed by atoms with Crippen molar-refractivity contribution in [3.63, 3.8) is 0 Å². The third-order valence-corrected chi connectivity index (χ3v) is 4.67. The molecule has 2 amide bonds. The number of nitrogens with one attached hydrogen (secondary N) is 3. The van der Waals surface area contributed by atoms with Gasteiger partial charge in [0.2, 0.25) is 5.88 Å². The van der Waals surface area contributed by atoms with Gasteiger partial charge in [-0.2, -0.15) is 15.2 Å². The van der Waals surface area contributed by atoms with Crippen molar-refractivity contribution in [2.45, 2.75) is 26.2 Å². The Labute approximate surface area is 189 Å². The monoisotopic (exact) mass is 450 g/mol. The molecular weight excluding hydrogens is 427 g/mol. The molecule has 10 nitrogen and oxygen atoms in total. The molecule has 11 heteroatoms. The fourth-order valence-corrected chi connectivity index (χ4v) is 2.91. The van der Waals surface area contributed by atoms with Crippen molar-refractivity contribution in [2.24, 2.45) is 7.05 Å². The maximum absolute atomic E-state index is 14.6. The minimum absolute atomic E-state index is 0.00102. The van der Waals surface area contributed by atoms with Gasteiger partial charge >= 0.3 is 6.03 Å². The zero-order chi connectivity index (χ0) is 23.6. The Morgan fingerprint density at radius 1 is 1.12 bits per heavy atom. The maximum Gasteiger partial charge on any atom is 0.324 e. The zero-order valence-electron chi connectivity index (χ0n) is 18.5. The Kier molecular flexibility index (Phi) is 5.78. The van der Waals surface area contributed by atoms with Crippen LogP contribution in [0.4, 0.5) is 20.7 Å². The number of aromatic amines is 1. The van der Waals surface area contributed by atoms with Crippen molar-refractivity contribution in [1.29, 1.82) is 0 Å². The minimum Gasteiger partial charge on any atom is -0.439 e. The summed E-state index contributed by atoms with van der Waals surface area (Å²) in [6.45, 7) is 6.08. The van der Waals surface area contributed by atoms with E-state index in [0.717, 1.165) is 11.8 Å². The van der Waals surface area contributed by atoms with Crippen molar-refractivity contribution in [3.8, 4) is 23.1 Å². The standard InChI is InChI=1S/C22H23FN8O2/c1-22(2,3)17-12-18(31(4)30-17)27-21(32)26-15-6-5-13(11-14(15)23)33-19-8-9-24-20(28-19)16-7-10-25-29-16/h5-12H,1-4H3,(H,25,29)(H2,26,27,32). The topological polar surface area (TPSA) is 123 Å². The average molecular weight is 450 g/mol. The van der Waals surface area contributed by atoms with Crippen LogP contribution in [-0.4, -0.2) is 36.0 Å². The lowest BCUT2D eigenvalue weighted by molar-refractivity contribution is 0.262. The zero-order valence-corrected chi connectivity index (χ0v) is 18.5. The number of ether oxygens (including phenoxy) is 1. The van der Waals surface area contributed by atoms with E-state index in [2.05, 4.69) is 35.9 Å². The Morgan fingerprint density at radius 2 is 1.94 bits per heavy atom. The molecule has 0 fully saturated rings. The molecule has 4 aromatic rings. The second kappa shape index (κ2) is 8.69. The van der Waals surface area contributed by atoms with E-state index in [-0.39, 0.29) is 22.7 Å². The van der Waals surface area contributed by atoms with Gasteiger partial charge < -0.3 is 10.1 Å². The number of carbonyl (C=O) groups excluding carboxylic acids is 1. The van der Waals surface area contributed by atoms with Gasteiger partial charge in [-0.25, -0.2) is 14.2 Å². The van der Waals surface area contributed by atoms with Gasteiger partial charge in [-0.15, -0.1) is 0 Å². The molecule has 3 N–H and O–H groups in total. The fourth-order valence-electron chi connectivity index (χ4n) is 2.91. The summed E-state index contributed by atoms with van der Waals surface area (Å²) < 4.78 is 21.8. The summed E-state index contributed by atoms with van der Waals surface area (Å²) in [6.07, 6.45) is 3.11. The molecular formula is C22H23FN8O2. The van der Waals surface area contributed by atoms with Gasteiger partial charge in [0, 0.05) is 43.1 Å². The first-order chi connectivity index (χ1) is 15.7.